The second-order valence-corrected chi connectivity index (χ2v) is 8.92. The topological polar surface area (TPSA) is 42.9 Å². The van der Waals surface area contributed by atoms with E-state index in [0.29, 0.717) is 12.1 Å². The molecule has 1 atom stereocenters. The van der Waals surface area contributed by atoms with Crippen LogP contribution in [0.1, 0.15) is 50.5 Å². The highest BCUT2D eigenvalue weighted by molar-refractivity contribution is 14.0. The number of nitrogens with one attached hydrogen (secondary N) is 2. The molecule has 28 heavy (non-hydrogen) atoms. The van der Waals surface area contributed by atoms with Crippen LogP contribution < -0.4 is 10.6 Å². The highest BCUT2D eigenvalue weighted by Crippen LogP contribution is 2.25. The lowest BCUT2D eigenvalue weighted by Crippen LogP contribution is -2.49. The quantitative estimate of drug-likeness (QED) is 0.329. The summed E-state index contributed by atoms with van der Waals surface area (Å²) in [4.78, 5) is 11.7. The van der Waals surface area contributed by atoms with Crippen molar-refractivity contribution in [1.29, 1.82) is 0 Å². The Bertz CT molecular complexity index is 597. The zero-order chi connectivity index (χ0) is 19.1. The lowest BCUT2D eigenvalue weighted by Gasteiger charge is -2.33. The van der Waals surface area contributed by atoms with Crippen molar-refractivity contribution in [3.63, 3.8) is 0 Å². The number of nitrogens with zero attached hydrogens (tertiary/aromatic N) is 3. The van der Waals surface area contributed by atoms with Crippen LogP contribution in [0.2, 0.25) is 0 Å². The third-order valence-corrected chi connectivity index (χ3v) is 6.81. The Balaban J connectivity index is 0.00000280. The van der Waals surface area contributed by atoms with E-state index in [0.717, 1.165) is 32.1 Å². The van der Waals surface area contributed by atoms with Gasteiger partial charge < -0.3 is 15.5 Å². The minimum atomic E-state index is 0. The van der Waals surface area contributed by atoms with Crippen molar-refractivity contribution >= 4 is 41.3 Å². The molecule has 0 saturated carbocycles. The maximum Gasteiger partial charge on any atom is 0.191 e. The summed E-state index contributed by atoms with van der Waals surface area (Å²) in [5.74, 6) is 0.992. The van der Waals surface area contributed by atoms with Crippen molar-refractivity contribution in [3.8, 4) is 0 Å². The summed E-state index contributed by atoms with van der Waals surface area (Å²) in [6.07, 6.45) is 4.87. The molecule has 0 radical (unpaired) electrons. The fourth-order valence-electron chi connectivity index (χ4n) is 4.12. The molecule has 0 amide bonds. The normalized spacial score (nSPS) is 20.3. The number of thiophene rings is 1. The van der Waals surface area contributed by atoms with Crippen molar-refractivity contribution in [2.24, 2.45) is 4.99 Å². The number of guanidine groups is 1. The number of halogens is 1. The second kappa shape index (κ2) is 12.3. The molecule has 2 aliphatic heterocycles. The molecule has 3 rings (SSSR count). The Morgan fingerprint density at radius 2 is 2.07 bits per heavy atom. The van der Waals surface area contributed by atoms with Crippen molar-refractivity contribution in [3.05, 3.63) is 21.9 Å². The van der Waals surface area contributed by atoms with Crippen LogP contribution in [0.4, 0.5) is 0 Å². The number of hydrogen-bond donors (Lipinski definition) is 2. The first-order valence-electron chi connectivity index (χ1n) is 10.8. The molecule has 3 heterocycles. The molecular formula is C21H38IN5S. The van der Waals surface area contributed by atoms with Crippen LogP contribution >= 0.6 is 35.3 Å². The Morgan fingerprint density at radius 3 is 2.79 bits per heavy atom. The monoisotopic (exact) mass is 519 g/mol. The molecule has 2 N–H and O–H groups in total. The van der Waals surface area contributed by atoms with Crippen LogP contribution in [-0.2, 0) is 13.0 Å². The molecule has 0 spiro atoms. The van der Waals surface area contributed by atoms with Crippen LogP contribution in [0.25, 0.3) is 0 Å². The zero-order valence-electron chi connectivity index (χ0n) is 17.7. The highest BCUT2D eigenvalue weighted by atomic mass is 127. The standard InChI is InChI=1S/C21H37N5S.HI/c1-4-10-25-11-6-19(7-12-25)24-21(22-5-2)23-15-17(3)26-13-8-20-18(16-26)9-14-27-20;/h9,14,17,19H,4-8,10-13,15-16H2,1-3H3,(H2,22,23,24);1H. The minimum Gasteiger partial charge on any atom is -0.357 e. The molecule has 1 unspecified atom stereocenters. The van der Waals surface area contributed by atoms with E-state index in [1.807, 2.05) is 11.3 Å². The van der Waals surface area contributed by atoms with Gasteiger partial charge in [0.15, 0.2) is 5.96 Å². The van der Waals surface area contributed by atoms with Crippen molar-refractivity contribution < 1.29 is 0 Å². The predicted molar refractivity (Wildman–Crippen MR) is 132 cm³/mol. The van der Waals surface area contributed by atoms with Crippen LogP contribution in [0, 0.1) is 0 Å². The molecule has 2 aliphatic rings. The van der Waals surface area contributed by atoms with Gasteiger partial charge in [0, 0.05) is 49.7 Å². The summed E-state index contributed by atoms with van der Waals surface area (Å²) < 4.78 is 0. The number of hydrogen-bond acceptors (Lipinski definition) is 4. The van der Waals surface area contributed by atoms with E-state index in [9.17, 15) is 0 Å². The van der Waals surface area contributed by atoms with Gasteiger partial charge in [0.25, 0.3) is 0 Å². The Hall–Kier alpha value is -0.380. The summed E-state index contributed by atoms with van der Waals surface area (Å²) in [6, 6.07) is 3.31. The molecule has 1 saturated heterocycles. The minimum absolute atomic E-state index is 0. The van der Waals surface area contributed by atoms with Gasteiger partial charge in [-0.1, -0.05) is 6.92 Å². The van der Waals surface area contributed by atoms with E-state index in [4.69, 9.17) is 4.99 Å². The largest absolute Gasteiger partial charge is 0.357 e. The van der Waals surface area contributed by atoms with E-state index in [1.54, 1.807) is 4.88 Å². The highest BCUT2D eigenvalue weighted by Gasteiger charge is 2.22. The molecule has 1 fully saturated rings. The van der Waals surface area contributed by atoms with Crippen molar-refractivity contribution in [1.82, 2.24) is 20.4 Å². The van der Waals surface area contributed by atoms with E-state index >= 15 is 0 Å². The fraction of sp³-hybridized carbons (Fsp3) is 0.762. The second-order valence-electron chi connectivity index (χ2n) is 7.92. The predicted octanol–water partition coefficient (Wildman–Crippen LogP) is 3.54. The fourth-order valence-corrected chi connectivity index (χ4v) is 5.01. The van der Waals surface area contributed by atoms with Crippen LogP contribution in [0.3, 0.4) is 0 Å². The summed E-state index contributed by atoms with van der Waals surface area (Å²) in [5, 5.41) is 9.36. The van der Waals surface area contributed by atoms with Crippen LogP contribution in [0.15, 0.2) is 16.4 Å². The number of rotatable bonds is 7. The third-order valence-electron chi connectivity index (χ3n) is 5.79. The van der Waals surface area contributed by atoms with Gasteiger partial charge >= 0.3 is 0 Å². The molecule has 160 valence electrons. The molecule has 7 heteroatoms. The van der Waals surface area contributed by atoms with Gasteiger partial charge in [-0.25, -0.2) is 0 Å². The molecular weight excluding hydrogens is 481 g/mol. The van der Waals surface area contributed by atoms with Gasteiger partial charge in [0.2, 0.25) is 0 Å². The van der Waals surface area contributed by atoms with Gasteiger partial charge in [-0.3, -0.25) is 9.89 Å². The van der Waals surface area contributed by atoms with Gasteiger partial charge in [0.1, 0.15) is 0 Å². The van der Waals surface area contributed by atoms with Crippen LogP contribution in [0.5, 0.6) is 0 Å². The lowest BCUT2D eigenvalue weighted by molar-refractivity contribution is 0.196. The van der Waals surface area contributed by atoms with Gasteiger partial charge in [-0.05, 0) is 63.1 Å². The van der Waals surface area contributed by atoms with Crippen molar-refractivity contribution in [2.75, 3.05) is 39.3 Å². The Kier molecular flexibility index (Phi) is 10.5. The Morgan fingerprint density at radius 1 is 1.29 bits per heavy atom. The first-order valence-corrected chi connectivity index (χ1v) is 11.6. The van der Waals surface area contributed by atoms with E-state index in [2.05, 4.69) is 52.7 Å². The van der Waals surface area contributed by atoms with Crippen LogP contribution in [-0.4, -0.2) is 67.1 Å². The molecule has 0 aromatic carbocycles. The smallest absolute Gasteiger partial charge is 0.191 e. The summed E-state index contributed by atoms with van der Waals surface area (Å²) in [7, 11) is 0. The van der Waals surface area contributed by atoms with E-state index in [-0.39, 0.29) is 24.0 Å². The maximum atomic E-state index is 4.92. The first-order chi connectivity index (χ1) is 13.2. The molecule has 5 nitrogen and oxygen atoms in total. The SMILES string of the molecule is CCCN1CCC(NC(=NCC(C)N2CCc3sccc3C2)NCC)CC1.I. The molecule has 0 bridgehead atoms. The molecule has 1 aromatic rings. The van der Waals surface area contributed by atoms with Gasteiger partial charge in [-0.15, -0.1) is 35.3 Å². The number of fused-ring (bicyclic) bond motifs is 1. The maximum absolute atomic E-state index is 4.92. The number of likely N-dealkylation sites (tertiary alicyclic amines) is 1. The average Bonchev–Trinajstić information content (AvgIpc) is 3.15. The van der Waals surface area contributed by atoms with E-state index in [1.165, 1.54) is 50.9 Å². The first kappa shape index (κ1) is 23.9. The lowest BCUT2D eigenvalue weighted by atomic mass is 10.1. The van der Waals surface area contributed by atoms with Gasteiger partial charge in [-0.2, -0.15) is 0 Å². The third kappa shape index (κ3) is 6.85. The summed E-state index contributed by atoms with van der Waals surface area (Å²) in [6.45, 7) is 14.4. The number of aliphatic imine (C=N–C) groups is 1. The molecule has 0 aliphatic carbocycles. The average molecular weight is 520 g/mol. The van der Waals surface area contributed by atoms with Gasteiger partial charge in [0.05, 0.1) is 6.54 Å². The summed E-state index contributed by atoms with van der Waals surface area (Å²) in [5.41, 5.74) is 1.52. The number of piperidine rings is 1. The summed E-state index contributed by atoms with van der Waals surface area (Å²) >= 11 is 1.91. The molecule has 1 aromatic heterocycles. The van der Waals surface area contributed by atoms with E-state index < -0.39 is 0 Å². The zero-order valence-corrected chi connectivity index (χ0v) is 20.9. The Labute approximate surface area is 192 Å². The van der Waals surface area contributed by atoms with Crippen molar-refractivity contribution in [2.45, 2.75) is 65.1 Å².